The molecule has 0 aliphatic carbocycles. The van der Waals surface area contributed by atoms with Crippen molar-refractivity contribution in [3.8, 4) is 29.3 Å². The Hall–Kier alpha value is -4.14. The first-order valence-electron chi connectivity index (χ1n) is 7.97. The first-order chi connectivity index (χ1) is 13.9. The molecule has 0 saturated heterocycles. The van der Waals surface area contributed by atoms with E-state index in [2.05, 4.69) is 30.1 Å². The van der Waals surface area contributed by atoms with E-state index in [0.717, 1.165) is 6.07 Å². The Morgan fingerprint density at radius 1 is 1.07 bits per heavy atom. The Balaban J connectivity index is 1.97. The highest BCUT2D eigenvalue weighted by Gasteiger charge is 2.32. The Morgan fingerprint density at radius 2 is 1.90 bits per heavy atom. The normalized spacial score (nSPS) is 11.4. The highest BCUT2D eigenvalue weighted by Crippen LogP contribution is 2.32. The predicted molar refractivity (Wildman–Crippen MR) is 91.8 cm³/mol. The van der Waals surface area contributed by atoms with Crippen molar-refractivity contribution >= 4 is 11.2 Å². The van der Waals surface area contributed by atoms with E-state index in [9.17, 15) is 13.2 Å². The first-order valence-corrected chi connectivity index (χ1v) is 7.97. The molecule has 0 radical (unpaired) electrons. The second-order valence-electron chi connectivity index (χ2n) is 5.67. The summed E-state index contributed by atoms with van der Waals surface area (Å²) in [5.41, 5.74) is -0.531. The number of fused-ring (bicyclic) bond motifs is 1. The fourth-order valence-electron chi connectivity index (χ4n) is 2.55. The smallest absolute Gasteiger partial charge is 0.417 e. The Kier molecular flexibility index (Phi) is 4.27. The standard InChI is InChI=1S/C17H9F3N8O/c1-29-14-3-2-13(26-27-14)28-15-11(4-9(6-24-15)17(18,19)20)25-16(28)12-8-22-10(5-21)7-23-12/h2-4,6-8H,1H3. The lowest BCUT2D eigenvalue weighted by molar-refractivity contribution is -0.137. The Labute approximate surface area is 160 Å². The molecule has 0 aliphatic heterocycles. The molecule has 144 valence electrons. The summed E-state index contributed by atoms with van der Waals surface area (Å²) in [7, 11) is 1.42. The van der Waals surface area contributed by atoms with Crippen LogP contribution < -0.4 is 4.74 Å². The minimum atomic E-state index is -4.57. The van der Waals surface area contributed by atoms with Gasteiger partial charge in [-0.3, -0.25) is 4.57 Å². The van der Waals surface area contributed by atoms with Gasteiger partial charge in [0.05, 0.1) is 25.1 Å². The zero-order valence-electron chi connectivity index (χ0n) is 14.6. The molecule has 4 heterocycles. The molecule has 9 nitrogen and oxygen atoms in total. The van der Waals surface area contributed by atoms with Crippen molar-refractivity contribution < 1.29 is 17.9 Å². The van der Waals surface area contributed by atoms with Crippen molar-refractivity contribution in [2.24, 2.45) is 0 Å². The van der Waals surface area contributed by atoms with Crippen LogP contribution >= 0.6 is 0 Å². The lowest BCUT2D eigenvalue weighted by Crippen LogP contribution is -2.07. The van der Waals surface area contributed by atoms with Gasteiger partial charge in [-0.2, -0.15) is 18.4 Å². The van der Waals surface area contributed by atoms with Gasteiger partial charge in [0, 0.05) is 12.3 Å². The van der Waals surface area contributed by atoms with Gasteiger partial charge >= 0.3 is 6.18 Å². The van der Waals surface area contributed by atoms with Gasteiger partial charge in [0.2, 0.25) is 5.88 Å². The molecule has 29 heavy (non-hydrogen) atoms. The van der Waals surface area contributed by atoms with Crippen molar-refractivity contribution in [3.63, 3.8) is 0 Å². The van der Waals surface area contributed by atoms with E-state index in [-0.39, 0.29) is 40.1 Å². The molecule has 0 spiro atoms. The van der Waals surface area contributed by atoms with Crippen LogP contribution in [0.2, 0.25) is 0 Å². The number of hydrogen-bond acceptors (Lipinski definition) is 8. The van der Waals surface area contributed by atoms with Crippen molar-refractivity contribution in [3.05, 3.63) is 48.0 Å². The molecule has 0 aliphatic rings. The molecule has 4 aromatic heterocycles. The number of nitrogens with zero attached hydrogens (tertiary/aromatic N) is 8. The summed E-state index contributed by atoms with van der Waals surface area (Å²) in [5.74, 6) is 0.634. The van der Waals surface area contributed by atoms with Gasteiger partial charge in [0.25, 0.3) is 0 Å². The van der Waals surface area contributed by atoms with Crippen LogP contribution in [0.3, 0.4) is 0 Å². The summed E-state index contributed by atoms with van der Waals surface area (Å²) in [6.07, 6.45) is -1.34. The van der Waals surface area contributed by atoms with Crippen LogP contribution in [0.25, 0.3) is 28.5 Å². The number of ether oxygens (including phenoxy) is 1. The summed E-state index contributed by atoms with van der Waals surface area (Å²) >= 11 is 0. The van der Waals surface area contributed by atoms with Crippen LogP contribution in [0, 0.1) is 11.3 Å². The molecular formula is C17H9F3N8O. The van der Waals surface area contributed by atoms with E-state index in [1.165, 1.54) is 30.1 Å². The molecule has 4 aromatic rings. The Bertz CT molecular complexity index is 1230. The maximum atomic E-state index is 13.1. The largest absolute Gasteiger partial charge is 0.480 e. The number of imidazole rings is 1. The minimum absolute atomic E-state index is 0.0152. The molecular weight excluding hydrogens is 389 g/mol. The Morgan fingerprint density at radius 3 is 2.48 bits per heavy atom. The van der Waals surface area contributed by atoms with Gasteiger partial charge < -0.3 is 4.74 Å². The summed E-state index contributed by atoms with van der Waals surface area (Å²) < 4.78 is 45.6. The fraction of sp³-hybridized carbons (Fsp3) is 0.118. The molecule has 0 atom stereocenters. The van der Waals surface area contributed by atoms with Crippen molar-refractivity contribution in [1.29, 1.82) is 5.26 Å². The summed E-state index contributed by atoms with van der Waals surface area (Å²) in [4.78, 5) is 16.2. The minimum Gasteiger partial charge on any atom is -0.480 e. The molecule has 0 amide bonds. The van der Waals surface area contributed by atoms with Gasteiger partial charge in [-0.05, 0) is 12.1 Å². The van der Waals surface area contributed by atoms with Crippen LogP contribution in [0.5, 0.6) is 5.88 Å². The number of nitriles is 1. The second kappa shape index (κ2) is 6.79. The van der Waals surface area contributed by atoms with E-state index in [4.69, 9.17) is 10.00 Å². The van der Waals surface area contributed by atoms with Crippen LogP contribution in [-0.4, -0.2) is 41.8 Å². The molecule has 12 heteroatoms. The van der Waals surface area contributed by atoms with E-state index < -0.39 is 11.7 Å². The lowest BCUT2D eigenvalue weighted by Gasteiger charge is -2.08. The van der Waals surface area contributed by atoms with Crippen LogP contribution in [-0.2, 0) is 6.18 Å². The van der Waals surface area contributed by atoms with Gasteiger partial charge in [-0.15, -0.1) is 10.2 Å². The molecule has 0 fully saturated rings. The maximum Gasteiger partial charge on any atom is 0.417 e. The van der Waals surface area contributed by atoms with Crippen LogP contribution in [0.4, 0.5) is 13.2 Å². The summed E-state index contributed by atoms with van der Waals surface area (Å²) in [5, 5.41) is 16.8. The molecule has 0 saturated carbocycles. The number of hydrogen-bond donors (Lipinski definition) is 0. The third-order valence-electron chi connectivity index (χ3n) is 3.88. The van der Waals surface area contributed by atoms with Gasteiger partial charge in [-0.1, -0.05) is 0 Å². The number of methoxy groups -OCH3 is 1. The van der Waals surface area contributed by atoms with Gasteiger partial charge in [0.15, 0.2) is 23.0 Å². The van der Waals surface area contributed by atoms with E-state index in [1.807, 2.05) is 6.07 Å². The van der Waals surface area contributed by atoms with Crippen LogP contribution in [0.15, 0.2) is 36.8 Å². The van der Waals surface area contributed by atoms with Crippen molar-refractivity contribution in [2.45, 2.75) is 6.18 Å². The van der Waals surface area contributed by atoms with Crippen molar-refractivity contribution in [1.82, 2.24) is 34.7 Å². The molecule has 0 N–H and O–H groups in total. The summed E-state index contributed by atoms with van der Waals surface area (Å²) in [6, 6.07) is 5.81. The highest BCUT2D eigenvalue weighted by atomic mass is 19.4. The maximum absolute atomic E-state index is 13.1. The number of halogens is 3. The third-order valence-corrected chi connectivity index (χ3v) is 3.88. The molecule has 0 unspecified atom stereocenters. The SMILES string of the molecule is COc1ccc(-n2c(-c3cnc(C#N)cn3)nc3cc(C(F)(F)F)cnc32)nn1. The van der Waals surface area contributed by atoms with Gasteiger partial charge in [-0.25, -0.2) is 19.9 Å². The van der Waals surface area contributed by atoms with Crippen LogP contribution in [0.1, 0.15) is 11.3 Å². The monoisotopic (exact) mass is 398 g/mol. The first kappa shape index (κ1) is 18.2. The lowest BCUT2D eigenvalue weighted by atomic mass is 10.2. The predicted octanol–water partition coefficient (Wildman–Crippen LogP) is 2.57. The topological polar surface area (TPSA) is 115 Å². The molecule has 4 rings (SSSR count). The number of rotatable bonds is 3. The summed E-state index contributed by atoms with van der Waals surface area (Å²) in [6.45, 7) is 0. The van der Waals surface area contributed by atoms with Gasteiger partial charge in [0.1, 0.15) is 17.3 Å². The van der Waals surface area contributed by atoms with E-state index in [0.29, 0.717) is 6.20 Å². The highest BCUT2D eigenvalue weighted by molar-refractivity contribution is 5.79. The number of alkyl halides is 3. The fourth-order valence-corrected chi connectivity index (χ4v) is 2.55. The molecule has 0 aromatic carbocycles. The average Bonchev–Trinajstić information content (AvgIpc) is 3.12. The zero-order chi connectivity index (χ0) is 20.6. The molecule has 0 bridgehead atoms. The van der Waals surface area contributed by atoms with Crippen molar-refractivity contribution in [2.75, 3.05) is 7.11 Å². The van der Waals surface area contributed by atoms with E-state index in [1.54, 1.807) is 6.07 Å². The second-order valence-corrected chi connectivity index (χ2v) is 5.67. The average molecular weight is 398 g/mol. The number of aromatic nitrogens is 7. The quantitative estimate of drug-likeness (QED) is 0.517. The third kappa shape index (κ3) is 3.29. The van der Waals surface area contributed by atoms with E-state index >= 15 is 0 Å². The zero-order valence-corrected chi connectivity index (χ0v) is 14.6. The number of pyridine rings is 1.